The van der Waals surface area contributed by atoms with Gasteiger partial charge in [0.2, 0.25) is 11.4 Å². The summed E-state index contributed by atoms with van der Waals surface area (Å²) in [4.78, 5) is 12.1. The van der Waals surface area contributed by atoms with E-state index in [1.54, 1.807) is 7.11 Å². The normalized spacial score (nSPS) is 17.2. The number of aliphatic hydroxyl groups excluding tert-OH is 1. The molecular weight excluding hydrogens is 399 g/mol. The summed E-state index contributed by atoms with van der Waals surface area (Å²) in [6, 6.07) is 4.56. The van der Waals surface area contributed by atoms with Crippen LogP contribution in [-0.4, -0.2) is 60.4 Å². The first-order valence-corrected chi connectivity index (χ1v) is 10.1. The quantitative estimate of drug-likeness (QED) is 0.559. The molecule has 1 heterocycles. The van der Waals surface area contributed by atoms with Crippen molar-refractivity contribution in [2.24, 2.45) is 0 Å². The van der Waals surface area contributed by atoms with E-state index in [1.807, 2.05) is 0 Å². The van der Waals surface area contributed by atoms with Crippen molar-refractivity contribution in [1.82, 2.24) is 9.62 Å². The molecule has 1 aromatic rings. The molecule has 2 amide bonds. The molecule has 0 radical (unpaired) electrons. The van der Waals surface area contributed by atoms with Gasteiger partial charge in [-0.3, -0.25) is 0 Å². The minimum absolute atomic E-state index is 0.00392. The highest BCUT2D eigenvalue weighted by molar-refractivity contribution is 7.90. The lowest BCUT2D eigenvalue weighted by molar-refractivity contribution is -0.274. The Balaban J connectivity index is 1.75. The highest BCUT2D eigenvalue weighted by Crippen LogP contribution is 2.24. The predicted octanol–water partition coefficient (Wildman–Crippen LogP) is 2.65. The Kier molecular flexibility index (Phi) is 8.67. The maximum Gasteiger partial charge on any atom is 0.573 e. The number of rotatable bonds is 8. The average Bonchev–Trinajstić information content (AvgIpc) is 2.64. The molecule has 1 unspecified atom stereocenters. The van der Waals surface area contributed by atoms with Crippen LogP contribution in [0.4, 0.5) is 23.7 Å². The summed E-state index contributed by atoms with van der Waals surface area (Å²) in [5.41, 5.74) is 0.370. The van der Waals surface area contributed by atoms with Gasteiger partial charge in [0.25, 0.3) is 0 Å². The van der Waals surface area contributed by atoms with Gasteiger partial charge in [-0.05, 0) is 37.1 Å². The molecule has 1 aliphatic heterocycles. The highest BCUT2D eigenvalue weighted by Gasteiger charge is 2.34. The number of nitrogens with zero attached hydrogens (tertiary/aromatic N) is 1. The van der Waals surface area contributed by atoms with E-state index in [9.17, 15) is 18.0 Å². The van der Waals surface area contributed by atoms with Crippen LogP contribution in [0, 0.1) is 0 Å². The first kappa shape index (κ1) is 22.6. The SMILES string of the molecule is CO[S+](CCCO)N1CCC(NC(=O)Nc2ccc(OC(F)(F)F)cc2)CC1. The van der Waals surface area contributed by atoms with E-state index in [2.05, 4.69) is 19.7 Å². The Labute approximate surface area is 164 Å². The number of nitrogens with one attached hydrogen (secondary N) is 2. The summed E-state index contributed by atoms with van der Waals surface area (Å²) in [6.07, 6.45) is -2.54. The molecule has 1 aromatic carbocycles. The van der Waals surface area contributed by atoms with Crippen LogP contribution < -0.4 is 15.4 Å². The maximum absolute atomic E-state index is 12.1. The summed E-state index contributed by atoms with van der Waals surface area (Å²) in [6.45, 7) is 1.68. The number of hydrogen-bond acceptors (Lipinski definition) is 5. The van der Waals surface area contributed by atoms with Gasteiger partial charge in [0.05, 0.1) is 7.11 Å². The van der Waals surface area contributed by atoms with E-state index >= 15 is 0 Å². The largest absolute Gasteiger partial charge is 0.573 e. The summed E-state index contributed by atoms with van der Waals surface area (Å²) in [5.74, 6) is 0.431. The molecule has 0 aliphatic carbocycles. The fourth-order valence-electron chi connectivity index (χ4n) is 2.80. The number of anilines is 1. The maximum atomic E-state index is 12.1. The van der Waals surface area contributed by atoms with E-state index in [0.29, 0.717) is 12.1 Å². The Morgan fingerprint density at radius 1 is 1.29 bits per heavy atom. The van der Waals surface area contributed by atoms with Crippen LogP contribution >= 0.6 is 0 Å². The van der Waals surface area contributed by atoms with Crippen LogP contribution in [0.25, 0.3) is 0 Å². The number of urea groups is 1. The summed E-state index contributed by atoms with van der Waals surface area (Å²) in [5, 5.41) is 14.4. The molecule has 1 saturated heterocycles. The third kappa shape index (κ3) is 7.74. The van der Waals surface area contributed by atoms with Crippen molar-refractivity contribution < 1.29 is 32.0 Å². The first-order chi connectivity index (χ1) is 13.3. The average molecular weight is 424 g/mol. The van der Waals surface area contributed by atoms with Crippen molar-refractivity contribution in [3.05, 3.63) is 24.3 Å². The van der Waals surface area contributed by atoms with Gasteiger partial charge in [-0.1, -0.05) is 4.31 Å². The second-order valence-electron chi connectivity index (χ2n) is 6.14. The molecule has 0 saturated carbocycles. The molecular formula is C17H25F3N3O4S+. The lowest BCUT2D eigenvalue weighted by Crippen LogP contribution is -2.48. The van der Waals surface area contributed by atoms with Gasteiger partial charge in [0, 0.05) is 37.8 Å². The fourth-order valence-corrected chi connectivity index (χ4v) is 4.43. The van der Waals surface area contributed by atoms with Crippen molar-refractivity contribution in [2.45, 2.75) is 31.7 Å². The minimum atomic E-state index is -4.75. The van der Waals surface area contributed by atoms with Gasteiger partial charge < -0.3 is 20.5 Å². The minimum Gasteiger partial charge on any atom is -0.406 e. The lowest BCUT2D eigenvalue weighted by atomic mass is 10.1. The monoisotopic (exact) mass is 424 g/mol. The third-order valence-corrected chi connectivity index (χ3v) is 6.06. The van der Waals surface area contributed by atoms with Gasteiger partial charge >= 0.3 is 12.4 Å². The first-order valence-electron chi connectivity index (χ1n) is 8.85. The molecule has 2 rings (SSSR count). The number of aliphatic hydroxyl groups is 1. The zero-order chi connectivity index (χ0) is 20.6. The van der Waals surface area contributed by atoms with Crippen molar-refractivity contribution in [1.29, 1.82) is 0 Å². The topological polar surface area (TPSA) is 83.1 Å². The molecule has 0 aromatic heterocycles. The van der Waals surface area contributed by atoms with E-state index in [4.69, 9.17) is 9.29 Å². The van der Waals surface area contributed by atoms with E-state index in [0.717, 1.165) is 43.8 Å². The second-order valence-corrected chi connectivity index (χ2v) is 8.04. The molecule has 0 spiro atoms. The van der Waals surface area contributed by atoms with Crippen molar-refractivity contribution in [2.75, 3.05) is 37.9 Å². The molecule has 3 N–H and O–H groups in total. The molecule has 11 heteroatoms. The molecule has 1 fully saturated rings. The third-order valence-electron chi connectivity index (χ3n) is 4.09. The Morgan fingerprint density at radius 2 is 1.93 bits per heavy atom. The Morgan fingerprint density at radius 3 is 2.46 bits per heavy atom. The smallest absolute Gasteiger partial charge is 0.406 e. The molecule has 158 valence electrons. The number of carbonyl (C=O) groups excluding carboxylic acids is 1. The number of alkyl halides is 3. The number of halogens is 3. The summed E-state index contributed by atoms with van der Waals surface area (Å²) < 4.78 is 47.9. The zero-order valence-electron chi connectivity index (χ0n) is 15.5. The van der Waals surface area contributed by atoms with Crippen LogP contribution in [0.3, 0.4) is 0 Å². The Hall–Kier alpha value is -1.69. The van der Waals surface area contributed by atoms with Crippen LogP contribution in [0.15, 0.2) is 24.3 Å². The van der Waals surface area contributed by atoms with Crippen LogP contribution in [-0.2, 0) is 15.5 Å². The molecule has 7 nitrogen and oxygen atoms in total. The molecule has 1 aliphatic rings. The van der Waals surface area contributed by atoms with Crippen molar-refractivity contribution in [3.63, 3.8) is 0 Å². The highest BCUT2D eigenvalue weighted by atomic mass is 32.2. The van der Waals surface area contributed by atoms with E-state index < -0.39 is 12.4 Å². The summed E-state index contributed by atoms with van der Waals surface area (Å²) in [7, 11) is 1.66. The number of carbonyl (C=O) groups is 1. The van der Waals surface area contributed by atoms with Crippen LogP contribution in [0.5, 0.6) is 5.75 Å². The molecule has 1 atom stereocenters. The lowest BCUT2D eigenvalue weighted by Gasteiger charge is -2.29. The van der Waals surface area contributed by atoms with Crippen molar-refractivity contribution >= 4 is 23.1 Å². The second kappa shape index (κ2) is 10.7. The predicted molar refractivity (Wildman–Crippen MR) is 101 cm³/mol. The standard InChI is InChI=1S/C17H24F3N3O4S/c1-26-28(12-2-11-24)23-9-7-14(8-10-23)22-16(25)21-13-3-5-15(6-4-13)27-17(18,19)20/h3-6,14,24H,2,7-12H2,1H3,(H-,21,22,25)/p+1. The van der Waals surface area contributed by atoms with Gasteiger partial charge in [-0.15, -0.1) is 13.2 Å². The van der Waals surface area contributed by atoms with Gasteiger partial charge in [-0.25, -0.2) is 4.79 Å². The van der Waals surface area contributed by atoms with Gasteiger partial charge in [0.1, 0.15) is 5.75 Å². The number of hydrogen-bond donors (Lipinski definition) is 3. The summed E-state index contributed by atoms with van der Waals surface area (Å²) >= 11 is -0.334. The van der Waals surface area contributed by atoms with E-state index in [1.165, 1.54) is 12.1 Å². The fraction of sp³-hybridized carbons (Fsp3) is 0.588. The van der Waals surface area contributed by atoms with E-state index in [-0.39, 0.29) is 29.8 Å². The molecule has 28 heavy (non-hydrogen) atoms. The van der Waals surface area contributed by atoms with Gasteiger partial charge in [0.15, 0.2) is 5.75 Å². The zero-order valence-corrected chi connectivity index (χ0v) is 16.3. The number of piperidine rings is 1. The number of benzene rings is 1. The number of amides is 2. The van der Waals surface area contributed by atoms with Gasteiger partial charge in [-0.2, -0.15) is 4.18 Å². The Bertz CT molecular complexity index is 611. The van der Waals surface area contributed by atoms with Crippen molar-refractivity contribution in [3.8, 4) is 5.75 Å². The van der Waals surface area contributed by atoms with Crippen LogP contribution in [0.1, 0.15) is 19.3 Å². The van der Waals surface area contributed by atoms with Crippen LogP contribution in [0.2, 0.25) is 0 Å². The number of ether oxygens (including phenoxy) is 1. The molecule has 0 bridgehead atoms.